The maximum atomic E-state index is 12.0. The summed E-state index contributed by atoms with van der Waals surface area (Å²) in [7, 11) is 0. The number of hydrogen-bond donors (Lipinski definition) is 1. The molecule has 1 aromatic heterocycles. The number of hydrogen-bond acceptors (Lipinski definition) is 3. The first-order valence-corrected chi connectivity index (χ1v) is 6.32. The van der Waals surface area contributed by atoms with Crippen LogP contribution in [0.5, 0.6) is 0 Å². The molecule has 2 rings (SSSR count). The van der Waals surface area contributed by atoms with Gasteiger partial charge in [-0.05, 0) is 41.4 Å². The van der Waals surface area contributed by atoms with Crippen LogP contribution in [0.25, 0.3) is 0 Å². The van der Waals surface area contributed by atoms with Gasteiger partial charge in [0.2, 0.25) is 0 Å². The molecule has 0 spiro atoms. The van der Waals surface area contributed by atoms with Crippen LogP contribution in [0.15, 0.2) is 33.3 Å². The van der Waals surface area contributed by atoms with Gasteiger partial charge >= 0.3 is 0 Å². The third-order valence-corrected chi connectivity index (χ3v) is 3.60. The lowest BCUT2D eigenvalue weighted by atomic mass is 10.1. The van der Waals surface area contributed by atoms with E-state index in [1.807, 2.05) is 26.0 Å². The number of nitrogens with zero attached hydrogens (tertiary/aromatic N) is 1. The molecule has 0 saturated carbocycles. The molecule has 0 atom stereocenters. The smallest absolute Gasteiger partial charge is 0.252 e. The molecule has 0 aliphatic heterocycles. The van der Waals surface area contributed by atoms with Crippen molar-refractivity contribution in [3.05, 3.63) is 51.3 Å². The Balaban J connectivity index is 2.06. The van der Waals surface area contributed by atoms with Gasteiger partial charge in [-0.25, -0.2) is 0 Å². The quantitative estimate of drug-likeness (QED) is 0.948. The molecule has 1 N–H and O–H groups in total. The van der Waals surface area contributed by atoms with Gasteiger partial charge in [0, 0.05) is 10.5 Å². The van der Waals surface area contributed by atoms with Crippen LogP contribution < -0.4 is 5.32 Å². The van der Waals surface area contributed by atoms with Crippen molar-refractivity contribution in [3.8, 4) is 0 Å². The van der Waals surface area contributed by atoms with Crippen LogP contribution >= 0.6 is 15.9 Å². The standard InChI is InChI=1S/C13H13BrN2O2/c1-8-4-3-5-11(12(8)14)13(17)15-7-10-6-9(2)18-16-10/h3-6H,7H2,1-2H3,(H,15,17). The molecule has 0 aliphatic rings. The zero-order valence-electron chi connectivity index (χ0n) is 10.2. The number of aromatic nitrogens is 1. The molecule has 18 heavy (non-hydrogen) atoms. The molecule has 1 amide bonds. The van der Waals surface area contributed by atoms with E-state index < -0.39 is 0 Å². The predicted octanol–water partition coefficient (Wildman–Crippen LogP) is 2.98. The second-order valence-electron chi connectivity index (χ2n) is 4.05. The summed E-state index contributed by atoms with van der Waals surface area (Å²) in [5.74, 6) is 0.599. The van der Waals surface area contributed by atoms with E-state index in [9.17, 15) is 4.79 Å². The first-order valence-electron chi connectivity index (χ1n) is 5.53. The van der Waals surface area contributed by atoms with E-state index in [4.69, 9.17) is 4.52 Å². The first kappa shape index (κ1) is 12.8. The molecule has 94 valence electrons. The minimum Gasteiger partial charge on any atom is -0.361 e. The summed E-state index contributed by atoms with van der Waals surface area (Å²) < 4.78 is 5.75. The van der Waals surface area contributed by atoms with Gasteiger partial charge in [0.05, 0.1) is 12.1 Å². The second kappa shape index (κ2) is 5.35. The van der Waals surface area contributed by atoms with E-state index in [1.165, 1.54) is 0 Å². The Kier molecular flexibility index (Phi) is 3.81. The molecule has 1 aromatic carbocycles. The average molecular weight is 309 g/mol. The second-order valence-corrected chi connectivity index (χ2v) is 4.84. The van der Waals surface area contributed by atoms with Gasteiger partial charge in [-0.3, -0.25) is 4.79 Å². The van der Waals surface area contributed by atoms with E-state index >= 15 is 0 Å². The monoisotopic (exact) mass is 308 g/mol. The molecule has 0 saturated heterocycles. The van der Waals surface area contributed by atoms with Crippen LogP contribution in [-0.2, 0) is 6.54 Å². The van der Waals surface area contributed by atoms with Crippen LogP contribution in [0.2, 0.25) is 0 Å². The molecule has 0 aliphatic carbocycles. The number of carbonyl (C=O) groups excluding carboxylic acids is 1. The number of amides is 1. The van der Waals surface area contributed by atoms with E-state index in [0.29, 0.717) is 17.8 Å². The number of rotatable bonds is 3. The summed E-state index contributed by atoms with van der Waals surface area (Å²) in [5, 5.41) is 6.63. The Bertz CT molecular complexity index is 578. The van der Waals surface area contributed by atoms with Gasteiger partial charge in [-0.1, -0.05) is 17.3 Å². The van der Waals surface area contributed by atoms with E-state index in [1.54, 1.807) is 12.1 Å². The summed E-state index contributed by atoms with van der Waals surface area (Å²) in [6.45, 7) is 4.12. The molecule has 5 heteroatoms. The summed E-state index contributed by atoms with van der Waals surface area (Å²) >= 11 is 3.42. The highest BCUT2D eigenvalue weighted by Crippen LogP contribution is 2.20. The highest BCUT2D eigenvalue weighted by molar-refractivity contribution is 9.10. The molecular formula is C13H13BrN2O2. The minimum atomic E-state index is -0.133. The lowest BCUT2D eigenvalue weighted by Gasteiger charge is -2.07. The first-order chi connectivity index (χ1) is 8.58. The van der Waals surface area contributed by atoms with Gasteiger partial charge in [0.25, 0.3) is 5.91 Å². The Morgan fingerprint density at radius 2 is 2.22 bits per heavy atom. The van der Waals surface area contributed by atoms with Gasteiger partial charge in [0.1, 0.15) is 11.5 Å². The highest BCUT2D eigenvalue weighted by Gasteiger charge is 2.11. The molecule has 0 unspecified atom stereocenters. The molecule has 0 bridgehead atoms. The fourth-order valence-electron chi connectivity index (χ4n) is 1.59. The van der Waals surface area contributed by atoms with Gasteiger partial charge in [-0.15, -0.1) is 0 Å². The Morgan fingerprint density at radius 1 is 1.44 bits per heavy atom. The highest BCUT2D eigenvalue weighted by atomic mass is 79.9. The number of nitrogens with one attached hydrogen (secondary N) is 1. The number of carbonyl (C=O) groups is 1. The summed E-state index contributed by atoms with van der Waals surface area (Å²) in [5.41, 5.74) is 2.36. The zero-order chi connectivity index (χ0) is 13.1. The Morgan fingerprint density at radius 3 is 2.89 bits per heavy atom. The molecule has 0 radical (unpaired) electrons. The number of benzene rings is 1. The van der Waals surface area contributed by atoms with Crippen LogP contribution in [0, 0.1) is 13.8 Å². The Hall–Kier alpha value is -1.62. The summed E-state index contributed by atoms with van der Waals surface area (Å²) in [6.07, 6.45) is 0. The lowest BCUT2D eigenvalue weighted by molar-refractivity contribution is 0.0949. The van der Waals surface area contributed by atoms with Crippen LogP contribution in [0.1, 0.15) is 27.4 Å². The SMILES string of the molecule is Cc1cc(CNC(=O)c2cccc(C)c2Br)no1. The van der Waals surface area contributed by atoms with Gasteiger partial charge < -0.3 is 9.84 Å². The molecule has 0 fully saturated rings. The van der Waals surface area contributed by atoms with Crippen molar-refractivity contribution in [1.82, 2.24) is 10.5 Å². The topological polar surface area (TPSA) is 55.1 Å². The predicted molar refractivity (Wildman–Crippen MR) is 71.3 cm³/mol. The third-order valence-electron chi connectivity index (χ3n) is 2.54. The molecule has 4 nitrogen and oxygen atoms in total. The van der Waals surface area contributed by atoms with Gasteiger partial charge in [0.15, 0.2) is 0 Å². The van der Waals surface area contributed by atoms with Crippen molar-refractivity contribution in [2.45, 2.75) is 20.4 Å². The van der Waals surface area contributed by atoms with E-state index in [0.717, 1.165) is 15.8 Å². The van der Waals surface area contributed by atoms with Crippen LogP contribution in [0.3, 0.4) is 0 Å². The van der Waals surface area contributed by atoms with Crippen LogP contribution in [-0.4, -0.2) is 11.1 Å². The van der Waals surface area contributed by atoms with Crippen molar-refractivity contribution >= 4 is 21.8 Å². The fourth-order valence-corrected chi connectivity index (χ4v) is 2.03. The van der Waals surface area contributed by atoms with E-state index in [2.05, 4.69) is 26.4 Å². The minimum absolute atomic E-state index is 0.133. The average Bonchev–Trinajstić information content (AvgIpc) is 2.76. The fraction of sp³-hybridized carbons (Fsp3) is 0.231. The lowest BCUT2D eigenvalue weighted by Crippen LogP contribution is -2.23. The maximum Gasteiger partial charge on any atom is 0.252 e. The number of halogens is 1. The van der Waals surface area contributed by atoms with Crippen molar-refractivity contribution < 1.29 is 9.32 Å². The van der Waals surface area contributed by atoms with Crippen molar-refractivity contribution in [2.75, 3.05) is 0 Å². The summed E-state index contributed by atoms with van der Waals surface area (Å²) in [4.78, 5) is 12.0. The molecule has 1 heterocycles. The Labute approximate surface area is 113 Å². The van der Waals surface area contributed by atoms with Crippen LogP contribution in [0.4, 0.5) is 0 Å². The van der Waals surface area contributed by atoms with Crippen molar-refractivity contribution in [3.63, 3.8) is 0 Å². The van der Waals surface area contributed by atoms with Crippen molar-refractivity contribution in [2.24, 2.45) is 0 Å². The normalized spacial score (nSPS) is 10.4. The summed E-state index contributed by atoms with van der Waals surface area (Å²) in [6, 6.07) is 7.38. The number of aryl methyl sites for hydroxylation is 2. The maximum absolute atomic E-state index is 12.0. The van der Waals surface area contributed by atoms with Gasteiger partial charge in [-0.2, -0.15) is 0 Å². The zero-order valence-corrected chi connectivity index (χ0v) is 11.7. The van der Waals surface area contributed by atoms with E-state index in [-0.39, 0.29) is 5.91 Å². The largest absolute Gasteiger partial charge is 0.361 e. The third kappa shape index (κ3) is 2.79. The van der Waals surface area contributed by atoms with Crippen molar-refractivity contribution in [1.29, 1.82) is 0 Å². The molecule has 2 aromatic rings. The molecular weight excluding hydrogens is 296 g/mol.